The molecule has 0 radical (unpaired) electrons. The van der Waals surface area contributed by atoms with Gasteiger partial charge in [0.1, 0.15) is 6.61 Å². The number of rotatable bonds is 8. The first-order valence-corrected chi connectivity index (χ1v) is 10.9. The first-order valence-electron chi connectivity index (χ1n) is 10.9. The number of amides is 2. The normalized spacial score (nSPS) is 19.2. The number of carbonyl (C=O) groups excluding carboxylic acids is 2. The topological polar surface area (TPSA) is 114 Å². The second-order valence-electron chi connectivity index (χ2n) is 8.08. The van der Waals surface area contributed by atoms with E-state index in [1.807, 2.05) is 24.3 Å². The van der Waals surface area contributed by atoms with Crippen LogP contribution in [0.3, 0.4) is 0 Å². The van der Waals surface area contributed by atoms with Crippen LogP contribution in [0.25, 0.3) is 11.1 Å². The number of carboxylic acid groups (broad SMARTS) is 1. The molecule has 0 saturated carbocycles. The maximum absolute atomic E-state index is 12.3. The van der Waals surface area contributed by atoms with E-state index in [2.05, 4.69) is 34.9 Å². The molecule has 0 unspecified atom stereocenters. The van der Waals surface area contributed by atoms with Crippen LogP contribution in [-0.4, -0.2) is 55.5 Å². The average molecular weight is 450 g/mol. The molecule has 33 heavy (non-hydrogen) atoms. The Balaban J connectivity index is 1.22. The summed E-state index contributed by atoms with van der Waals surface area (Å²) in [6, 6.07) is 16.3. The molecule has 8 heteroatoms. The third-order valence-electron chi connectivity index (χ3n) is 5.92. The summed E-state index contributed by atoms with van der Waals surface area (Å²) in [6.07, 6.45) is 2.01. The van der Waals surface area contributed by atoms with Crippen molar-refractivity contribution in [2.75, 3.05) is 26.3 Å². The number of alkyl carbamates (subject to hydrolysis) is 1. The standard InChI is InChI=1S/C25H26N2O6/c28-23(29)10-5-11-26-24(30)16-12-17(32-14-16)13-27-25(31)33-15-22-20-8-3-1-6-18(20)19-7-2-4-9-21(19)22/h1-10,16-17,22H,11-15H2,(H,26,30)(H,27,31)(H,28,29)/b10-5+/t16-,17-/m0/s1. The SMILES string of the molecule is O=C(O)/C=C/CNC(=O)[C@@H]1CO[C@H](CNC(=O)OCC2c3ccccc3-c3ccccc32)C1. The van der Waals surface area contributed by atoms with E-state index < -0.39 is 12.1 Å². The van der Waals surface area contributed by atoms with Gasteiger partial charge in [-0.25, -0.2) is 9.59 Å². The van der Waals surface area contributed by atoms with E-state index in [0.29, 0.717) is 6.42 Å². The van der Waals surface area contributed by atoms with Gasteiger partial charge in [0.25, 0.3) is 0 Å². The van der Waals surface area contributed by atoms with Crippen LogP contribution >= 0.6 is 0 Å². The lowest BCUT2D eigenvalue weighted by Crippen LogP contribution is -2.34. The van der Waals surface area contributed by atoms with Gasteiger partial charge in [-0.3, -0.25) is 4.79 Å². The summed E-state index contributed by atoms with van der Waals surface area (Å²) >= 11 is 0. The predicted octanol–water partition coefficient (Wildman–Crippen LogP) is 2.69. The van der Waals surface area contributed by atoms with Gasteiger partial charge in [0.2, 0.25) is 5.91 Å². The lowest BCUT2D eigenvalue weighted by Gasteiger charge is -2.15. The third-order valence-corrected chi connectivity index (χ3v) is 5.92. The Kier molecular flexibility index (Phi) is 7.04. The zero-order valence-electron chi connectivity index (χ0n) is 18.0. The summed E-state index contributed by atoms with van der Waals surface area (Å²) in [7, 11) is 0. The number of ether oxygens (including phenoxy) is 2. The molecule has 1 heterocycles. The van der Waals surface area contributed by atoms with E-state index in [9.17, 15) is 14.4 Å². The Hall–Kier alpha value is -3.65. The Morgan fingerprint density at radius 1 is 1.03 bits per heavy atom. The molecule has 0 spiro atoms. The molecule has 1 aliphatic carbocycles. The lowest BCUT2D eigenvalue weighted by atomic mass is 9.98. The van der Waals surface area contributed by atoms with Crippen LogP contribution in [0.15, 0.2) is 60.7 Å². The van der Waals surface area contributed by atoms with Gasteiger partial charge in [0, 0.05) is 25.1 Å². The second kappa shape index (κ2) is 10.3. The third kappa shape index (κ3) is 5.40. The van der Waals surface area contributed by atoms with Crippen LogP contribution in [-0.2, 0) is 19.1 Å². The number of benzene rings is 2. The highest BCUT2D eigenvalue weighted by Gasteiger charge is 2.32. The fraction of sp³-hybridized carbons (Fsp3) is 0.320. The van der Waals surface area contributed by atoms with Crippen molar-refractivity contribution in [2.45, 2.75) is 18.4 Å². The molecule has 2 aliphatic rings. The molecule has 1 fully saturated rings. The Labute approximate surface area is 191 Å². The van der Waals surface area contributed by atoms with Crippen molar-refractivity contribution in [1.29, 1.82) is 0 Å². The van der Waals surface area contributed by atoms with Crippen molar-refractivity contribution < 1.29 is 29.0 Å². The van der Waals surface area contributed by atoms with Crippen LogP contribution in [0.5, 0.6) is 0 Å². The molecule has 1 aliphatic heterocycles. The molecule has 2 aromatic carbocycles. The van der Waals surface area contributed by atoms with E-state index >= 15 is 0 Å². The van der Waals surface area contributed by atoms with Crippen molar-refractivity contribution >= 4 is 18.0 Å². The molecule has 0 bridgehead atoms. The largest absolute Gasteiger partial charge is 0.478 e. The summed E-state index contributed by atoms with van der Waals surface area (Å²) in [6.45, 7) is 0.884. The number of nitrogens with one attached hydrogen (secondary N) is 2. The van der Waals surface area contributed by atoms with Crippen LogP contribution in [0, 0.1) is 5.92 Å². The minimum Gasteiger partial charge on any atom is -0.478 e. The van der Waals surface area contributed by atoms with Crippen molar-refractivity contribution in [3.05, 3.63) is 71.8 Å². The van der Waals surface area contributed by atoms with Crippen molar-refractivity contribution in [1.82, 2.24) is 10.6 Å². The highest BCUT2D eigenvalue weighted by molar-refractivity contribution is 5.81. The molecular formula is C25H26N2O6. The number of carbonyl (C=O) groups is 3. The quantitative estimate of drug-likeness (QED) is 0.533. The highest BCUT2D eigenvalue weighted by Crippen LogP contribution is 2.44. The van der Waals surface area contributed by atoms with E-state index in [1.54, 1.807) is 0 Å². The molecule has 0 aromatic heterocycles. The van der Waals surface area contributed by atoms with Crippen molar-refractivity contribution in [2.24, 2.45) is 5.92 Å². The number of hydrogen-bond acceptors (Lipinski definition) is 5. The van der Waals surface area contributed by atoms with Gasteiger partial charge in [-0.1, -0.05) is 54.6 Å². The summed E-state index contributed by atoms with van der Waals surface area (Å²) in [5.41, 5.74) is 4.64. The van der Waals surface area contributed by atoms with Gasteiger partial charge in [0.15, 0.2) is 0 Å². The molecule has 2 amide bonds. The Morgan fingerprint density at radius 3 is 2.36 bits per heavy atom. The number of hydrogen-bond donors (Lipinski definition) is 3. The maximum Gasteiger partial charge on any atom is 0.407 e. The lowest BCUT2D eigenvalue weighted by molar-refractivity contribution is -0.131. The molecule has 172 valence electrons. The first kappa shape index (κ1) is 22.5. The van der Waals surface area contributed by atoms with Crippen LogP contribution in [0.2, 0.25) is 0 Å². The molecule has 2 atom stereocenters. The van der Waals surface area contributed by atoms with Gasteiger partial charge in [-0.15, -0.1) is 0 Å². The van der Waals surface area contributed by atoms with E-state index in [-0.39, 0.29) is 50.2 Å². The van der Waals surface area contributed by atoms with Crippen LogP contribution in [0.1, 0.15) is 23.5 Å². The first-order chi connectivity index (χ1) is 16.0. The number of aliphatic carboxylic acids is 1. The van der Waals surface area contributed by atoms with Crippen molar-refractivity contribution in [3.8, 4) is 11.1 Å². The zero-order valence-corrected chi connectivity index (χ0v) is 18.0. The minimum atomic E-state index is -1.06. The predicted molar refractivity (Wildman–Crippen MR) is 121 cm³/mol. The number of fused-ring (bicyclic) bond motifs is 3. The van der Waals surface area contributed by atoms with Crippen LogP contribution in [0.4, 0.5) is 4.79 Å². The fourth-order valence-electron chi connectivity index (χ4n) is 4.34. The molecule has 4 rings (SSSR count). The minimum absolute atomic E-state index is 0.00543. The summed E-state index contributed by atoms with van der Waals surface area (Å²) in [4.78, 5) is 34.9. The zero-order chi connectivity index (χ0) is 23.2. The summed E-state index contributed by atoms with van der Waals surface area (Å²) in [5.74, 6) is -1.60. The molecular weight excluding hydrogens is 424 g/mol. The van der Waals surface area contributed by atoms with E-state index in [0.717, 1.165) is 17.2 Å². The van der Waals surface area contributed by atoms with Gasteiger partial charge in [-0.05, 0) is 28.7 Å². The Morgan fingerprint density at radius 2 is 1.70 bits per heavy atom. The van der Waals surface area contributed by atoms with Gasteiger partial charge in [0.05, 0.1) is 18.6 Å². The molecule has 8 nitrogen and oxygen atoms in total. The smallest absolute Gasteiger partial charge is 0.407 e. The van der Waals surface area contributed by atoms with Gasteiger partial charge in [-0.2, -0.15) is 0 Å². The molecule has 1 saturated heterocycles. The maximum atomic E-state index is 12.3. The Bertz CT molecular complexity index is 1020. The van der Waals surface area contributed by atoms with Crippen LogP contribution < -0.4 is 10.6 Å². The van der Waals surface area contributed by atoms with E-state index in [4.69, 9.17) is 14.6 Å². The molecule has 2 aromatic rings. The molecule has 3 N–H and O–H groups in total. The second-order valence-corrected chi connectivity index (χ2v) is 8.08. The average Bonchev–Trinajstić information content (AvgIpc) is 3.42. The monoisotopic (exact) mass is 450 g/mol. The fourth-order valence-corrected chi connectivity index (χ4v) is 4.34. The summed E-state index contributed by atoms with van der Waals surface area (Å²) < 4.78 is 11.1. The highest BCUT2D eigenvalue weighted by atomic mass is 16.5. The summed E-state index contributed by atoms with van der Waals surface area (Å²) in [5, 5.41) is 13.9. The van der Waals surface area contributed by atoms with Crippen molar-refractivity contribution in [3.63, 3.8) is 0 Å². The van der Waals surface area contributed by atoms with Gasteiger partial charge < -0.3 is 25.2 Å². The van der Waals surface area contributed by atoms with Gasteiger partial charge >= 0.3 is 12.1 Å². The number of carboxylic acids is 1. The van der Waals surface area contributed by atoms with E-state index in [1.165, 1.54) is 17.2 Å².